The van der Waals surface area contributed by atoms with Crippen LogP contribution in [0.3, 0.4) is 0 Å². The number of carbonyl (C=O) groups excluding carboxylic acids is 2. The number of nitrogens with one attached hydrogen (secondary N) is 1. The molecule has 46 heavy (non-hydrogen) atoms. The third kappa shape index (κ3) is 9.12. The van der Waals surface area contributed by atoms with Crippen LogP contribution in [0.5, 0.6) is 0 Å². The number of halogens is 2. The number of aryl methyl sites for hydroxylation is 2. The second kappa shape index (κ2) is 15.6. The van der Waals surface area contributed by atoms with E-state index in [-0.39, 0.29) is 29.7 Å². The SMILES string of the molecule is Cc1cc(C)cc(N(CC(=O)N(Cc2ccc(Cl)c(Cl)c2)[C@@H](Cc2ccccc2)C(=O)NCC(C)C)S(=O)(=O)c2ccccc2)c1. The van der Waals surface area contributed by atoms with E-state index in [2.05, 4.69) is 5.32 Å². The Hall–Kier alpha value is -3.85. The highest BCUT2D eigenvalue weighted by atomic mass is 35.5. The molecule has 0 aliphatic heterocycles. The fraction of sp³-hybridized carbons (Fsp3) is 0.278. The molecule has 0 unspecified atom stereocenters. The molecule has 0 spiro atoms. The summed E-state index contributed by atoms with van der Waals surface area (Å²) in [5, 5.41) is 3.65. The molecule has 0 aliphatic rings. The van der Waals surface area contributed by atoms with Crippen LogP contribution in [0.15, 0.2) is 102 Å². The number of sulfonamides is 1. The highest BCUT2D eigenvalue weighted by molar-refractivity contribution is 7.92. The molecule has 0 fully saturated rings. The Balaban J connectivity index is 1.83. The molecule has 2 amide bonds. The first-order valence-corrected chi connectivity index (χ1v) is 17.3. The van der Waals surface area contributed by atoms with E-state index in [1.54, 1.807) is 48.5 Å². The summed E-state index contributed by atoms with van der Waals surface area (Å²) in [4.78, 5) is 30.0. The summed E-state index contributed by atoms with van der Waals surface area (Å²) in [6.07, 6.45) is 0.215. The molecule has 4 aromatic carbocycles. The van der Waals surface area contributed by atoms with E-state index in [1.165, 1.54) is 17.0 Å². The first-order chi connectivity index (χ1) is 21.8. The zero-order chi connectivity index (χ0) is 33.4. The molecular weight excluding hydrogens is 641 g/mol. The monoisotopic (exact) mass is 679 g/mol. The number of amides is 2. The van der Waals surface area contributed by atoms with E-state index in [1.807, 2.05) is 64.1 Å². The predicted molar refractivity (Wildman–Crippen MR) is 186 cm³/mol. The normalized spacial score (nSPS) is 12.1. The average Bonchev–Trinajstić information content (AvgIpc) is 3.02. The van der Waals surface area contributed by atoms with Gasteiger partial charge in [-0.05, 0) is 78.4 Å². The average molecular weight is 681 g/mol. The van der Waals surface area contributed by atoms with Crippen LogP contribution in [-0.4, -0.2) is 44.3 Å². The highest BCUT2D eigenvalue weighted by Crippen LogP contribution is 2.28. The topological polar surface area (TPSA) is 86.8 Å². The maximum absolute atomic E-state index is 14.6. The number of carbonyl (C=O) groups is 2. The van der Waals surface area contributed by atoms with Crippen molar-refractivity contribution in [1.82, 2.24) is 10.2 Å². The van der Waals surface area contributed by atoms with Gasteiger partial charge in [0.15, 0.2) is 0 Å². The minimum atomic E-state index is -4.18. The standard InChI is InChI=1S/C36H39Cl2N3O4S/c1-25(2)22-39-36(43)34(21-28-11-7-5-8-12-28)40(23-29-15-16-32(37)33(38)20-29)35(42)24-41(30-18-26(3)17-27(4)19-30)46(44,45)31-13-9-6-10-14-31/h5-20,25,34H,21-24H2,1-4H3,(H,39,43)/t34-/m0/s1. The van der Waals surface area contributed by atoms with Crippen LogP contribution in [-0.2, 0) is 32.6 Å². The number of rotatable bonds is 13. The zero-order valence-electron chi connectivity index (χ0n) is 26.4. The van der Waals surface area contributed by atoms with Gasteiger partial charge in [0.2, 0.25) is 11.8 Å². The molecule has 4 rings (SSSR count). The number of hydrogen-bond donors (Lipinski definition) is 1. The lowest BCUT2D eigenvalue weighted by atomic mass is 10.0. The van der Waals surface area contributed by atoms with Gasteiger partial charge >= 0.3 is 0 Å². The molecule has 0 bridgehead atoms. The third-order valence-electron chi connectivity index (χ3n) is 7.40. The van der Waals surface area contributed by atoms with Gasteiger partial charge in [-0.1, -0.05) is 97.7 Å². The van der Waals surface area contributed by atoms with Gasteiger partial charge in [-0.3, -0.25) is 13.9 Å². The fourth-order valence-corrected chi connectivity index (χ4v) is 6.89. The van der Waals surface area contributed by atoms with Gasteiger partial charge < -0.3 is 10.2 Å². The Morgan fingerprint density at radius 1 is 0.783 bits per heavy atom. The molecule has 4 aromatic rings. The summed E-state index contributed by atoms with van der Waals surface area (Å²) in [6, 6.07) is 26.9. The second-order valence-electron chi connectivity index (χ2n) is 11.8. The predicted octanol–water partition coefficient (Wildman–Crippen LogP) is 7.22. The van der Waals surface area contributed by atoms with Crippen molar-refractivity contribution in [3.05, 3.63) is 129 Å². The first kappa shape index (κ1) is 35.0. The minimum absolute atomic E-state index is 0.00556. The van der Waals surface area contributed by atoms with Crippen LogP contribution in [0.25, 0.3) is 0 Å². The van der Waals surface area contributed by atoms with Crippen molar-refractivity contribution >= 4 is 50.7 Å². The molecule has 242 valence electrons. The van der Waals surface area contributed by atoms with Crippen LogP contribution >= 0.6 is 23.2 Å². The smallest absolute Gasteiger partial charge is 0.264 e. The van der Waals surface area contributed by atoms with E-state index in [9.17, 15) is 18.0 Å². The Kier molecular flexibility index (Phi) is 11.9. The van der Waals surface area contributed by atoms with E-state index < -0.39 is 28.5 Å². The molecule has 10 heteroatoms. The van der Waals surface area contributed by atoms with E-state index >= 15 is 0 Å². The van der Waals surface area contributed by atoms with Crippen LogP contribution in [0.2, 0.25) is 10.0 Å². The summed E-state index contributed by atoms with van der Waals surface area (Å²) < 4.78 is 29.5. The van der Waals surface area contributed by atoms with Gasteiger partial charge in [-0.2, -0.15) is 0 Å². The summed E-state index contributed by atoms with van der Waals surface area (Å²) >= 11 is 12.5. The molecule has 0 heterocycles. The van der Waals surface area contributed by atoms with Crippen LogP contribution in [0.4, 0.5) is 5.69 Å². The lowest BCUT2D eigenvalue weighted by Gasteiger charge is -2.34. The molecule has 0 aromatic heterocycles. The second-order valence-corrected chi connectivity index (χ2v) is 14.5. The fourth-order valence-electron chi connectivity index (χ4n) is 5.15. The zero-order valence-corrected chi connectivity index (χ0v) is 28.7. The molecule has 0 saturated heterocycles. The molecule has 7 nitrogen and oxygen atoms in total. The van der Waals surface area contributed by atoms with Crippen LogP contribution < -0.4 is 9.62 Å². The number of anilines is 1. The molecule has 0 radical (unpaired) electrons. The lowest BCUT2D eigenvalue weighted by Crippen LogP contribution is -2.53. The third-order valence-corrected chi connectivity index (χ3v) is 9.92. The Morgan fingerprint density at radius 3 is 1.98 bits per heavy atom. The summed E-state index contributed by atoms with van der Waals surface area (Å²) in [5.41, 5.74) is 3.54. The van der Waals surface area contributed by atoms with E-state index in [0.717, 1.165) is 21.0 Å². The lowest BCUT2D eigenvalue weighted by molar-refractivity contribution is -0.140. The molecule has 1 atom stereocenters. The van der Waals surface area contributed by atoms with Crippen LogP contribution in [0.1, 0.15) is 36.1 Å². The molecule has 1 N–H and O–H groups in total. The first-order valence-electron chi connectivity index (χ1n) is 15.1. The van der Waals surface area contributed by atoms with Crippen molar-refractivity contribution in [2.75, 3.05) is 17.4 Å². The number of nitrogens with zero attached hydrogens (tertiary/aromatic N) is 2. The van der Waals surface area contributed by atoms with Crippen molar-refractivity contribution in [3.63, 3.8) is 0 Å². The van der Waals surface area contributed by atoms with E-state index in [0.29, 0.717) is 27.8 Å². The molecular formula is C36H39Cl2N3O4S. The van der Waals surface area contributed by atoms with Gasteiger partial charge in [-0.15, -0.1) is 0 Å². The van der Waals surface area contributed by atoms with Gasteiger partial charge in [-0.25, -0.2) is 8.42 Å². The summed E-state index contributed by atoms with van der Waals surface area (Å²) in [7, 11) is -4.18. The largest absolute Gasteiger partial charge is 0.354 e. The van der Waals surface area contributed by atoms with Gasteiger partial charge in [0, 0.05) is 19.5 Å². The summed E-state index contributed by atoms with van der Waals surface area (Å²) in [5.74, 6) is -0.711. The Morgan fingerprint density at radius 2 is 1.39 bits per heavy atom. The quantitative estimate of drug-likeness (QED) is 0.162. The maximum Gasteiger partial charge on any atom is 0.264 e. The van der Waals surface area contributed by atoms with Gasteiger partial charge in [0.05, 0.1) is 20.6 Å². The van der Waals surface area contributed by atoms with Crippen LogP contribution in [0, 0.1) is 19.8 Å². The molecule has 0 aliphatic carbocycles. The van der Waals surface area contributed by atoms with Crippen molar-refractivity contribution in [1.29, 1.82) is 0 Å². The number of hydrogen-bond acceptors (Lipinski definition) is 4. The Labute approximate surface area is 282 Å². The summed E-state index contributed by atoms with van der Waals surface area (Å²) in [6.45, 7) is 7.59. The highest BCUT2D eigenvalue weighted by Gasteiger charge is 2.35. The van der Waals surface area contributed by atoms with Crippen molar-refractivity contribution in [3.8, 4) is 0 Å². The van der Waals surface area contributed by atoms with Gasteiger partial charge in [0.1, 0.15) is 12.6 Å². The van der Waals surface area contributed by atoms with E-state index in [4.69, 9.17) is 23.2 Å². The molecule has 0 saturated carbocycles. The van der Waals surface area contributed by atoms with Crippen molar-refractivity contribution in [2.45, 2.75) is 51.6 Å². The minimum Gasteiger partial charge on any atom is -0.354 e. The van der Waals surface area contributed by atoms with Gasteiger partial charge in [0.25, 0.3) is 10.0 Å². The maximum atomic E-state index is 14.6. The number of benzene rings is 4. The van der Waals surface area contributed by atoms with Crippen molar-refractivity contribution < 1.29 is 18.0 Å². The Bertz CT molecular complexity index is 1750. The van der Waals surface area contributed by atoms with Crippen molar-refractivity contribution in [2.24, 2.45) is 5.92 Å².